The number of benzene rings is 1. The molecule has 0 aliphatic carbocycles. The number of rotatable bonds is 0. The average molecular weight is 228 g/mol. The van der Waals surface area contributed by atoms with Gasteiger partial charge in [0.25, 0.3) is 0 Å². The van der Waals surface area contributed by atoms with Crippen LogP contribution in [-0.2, 0) is 4.79 Å². The van der Waals surface area contributed by atoms with Gasteiger partial charge in [0.1, 0.15) is 6.04 Å². The summed E-state index contributed by atoms with van der Waals surface area (Å²) in [7, 11) is 1.93. The lowest BCUT2D eigenvalue weighted by Gasteiger charge is -2.19. The minimum atomic E-state index is -0.465. The fourth-order valence-corrected chi connectivity index (χ4v) is 1.61. The summed E-state index contributed by atoms with van der Waals surface area (Å²) in [5.74, 6) is -0.123. The average Bonchev–Trinajstić information content (AvgIpc) is 2.27. The second kappa shape index (κ2) is 4.51. The van der Waals surface area contributed by atoms with Gasteiger partial charge in [-0.1, -0.05) is 12.1 Å². The highest BCUT2D eigenvalue weighted by Crippen LogP contribution is 2.26. The monoisotopic (exact) mass is 227 g/mol. The SMILES string of the molecule is CN1CC(N)C(=O)Nc2ccccc21.Cl. The quantitative estimate of drug-likeness (QED) is 0.690. The number of nitrogens with one attached hydrogen (secondary N) is 1. The van der Waals surface area contributed by atoms with Gasteiger partial charge in [0, 0.05) is 13.6 Å². The predicted molar refractivity (Wildman–Crippen MR) is 63.6 cm³/mol. The highest BCUT2D eigenvalue weighted by atomic mass is 35.5. The van der Waals surface area contributed by atoms with Crippen molar-refractivity contribution in [3.05, 3.63) is 24.3 Å². The van der Waals surface area contributed by atoms with Gasteiger partial charge in [-0.3, -0.25) is 4.79 Å². The van der Waals surface area contributed by atoms with Gasteiger partial charge >= 0.3 is 0 Å². The highest BCUT2D eigenvalue weighted by Gasteiger charge is 2.22. The predicted octanol–water partition coefficient (Wildman–Crippen LogP) is 0.824. The molecule has 0 bridgehead atoms. The smallest absolute Gasteiger partial charge is 0.243 e. The van der Waals surface area contributed by atoms with Crippen LogP contribution in [0.4, 0.5) is 11.4 Å². The van der Waals surface area contributed by atoms with E-state index in [2.05, 4.69) is 5.32 Å². The van der Waals surface area contributed by atoms with Crippen LogP contribution in [0.2, 0.25) is 0 Å². The van der Waals surface area contributed by atoms with Crippen molar-refractivity contribution in [3.63, 3.8) is 0 Å². The standard InChI is InChI=1S/C10H13N3O.ClH/c1-13-6-7(11)10(14)12-8-4-2-3-5-9(8)13;/h2-5,7H,6,11H2,1H3,(H,12,14);1H. The molecular weight excluding hydrogens is 214 g/mol. The molecule has 5 heteroatoms. The number of nitrogens with zero attached hydrogens (tertiary/aromatic N) is 1. The highest BCUT2D eigenvalue weighted by molar-refractivity contribution is 5.99. The van der Waals surface area contributed by atoms with E-state index >= 15 is 0 Å². The van der Waals surface area contributed by atoms with Crippen LogP contribution in [0.3, 0.4) is 0 Å². The van der Waals surface area contributed by atoms with E-state index in [1.165, 1.54) is 0 Å². The number of carbonyl (C=O) groups is 1. The van der Waals surface area contributed by atoms with Crippen molar-refractivity contribution < 1.29 is 4.79 Å². The Kier molecular flexibility index (Phi) is 3.55. The Labute approximate surface area is 94.8 Å². The lowest BCUT2D eigenvalue weighted by Crippen LogP contribution is -2.41. The van der Waals surface area contributed by atoms with Crippen LogP contribution in [0.5, 0.6) is 0 Å². The zero-order chi connectivity index (χ0) is 10.1. The van der Waals surface area contributed by atoms with Crippen LogP contribution in [0, 0.1) is 0 Å². The zero-order valence-corrected chi connectivity index (χ0v) is 9.25. The molecule has 1 heterocycles. The second-order valence-corrected chi connectivity index (χ2v) is 3.49. The van der Waals surface area contributed by atoms with Crippen molar-refractivity contribution >= 4 is 29.7 Å². The lowest BCUT2D eigenvalue weighted by atomic mass is 10.2. The number of anilines is 2. The summed E-state index contributed by atoms with van der Waals surface area (Å²) in [6, 6.07) is 7.21. The first kappa shape index (κ1) is 11.8. The molecule has 1 unspecified atom stereocenters. The van der Waals surface area contributed by atoms with Gasteiger partial charge in [-0.15, -0.1) is 12.4 Å². The maximum Gasteiger partial charge on any atom is 0.243 e. The van der Waals surface area contributed by atoms with Gasteiger partial charge in [0.2, 0.25) is 5.91 Å². The Hall–Kier alpha value is -1.26. The third kappa shape index (κ3) is 2.22. The van der Waals surface area contributed by atoms with E-state index in [4.69, 9.17) is 5.73 Å². The molecule has 0 spiro atoms. The normalized spacial score (nSPS) is 19.7. The summed E-state index contributed by atoms with van der Waals surface area (Å²) in [5, 5.41) is 2.80. The minimum Gasteiger partial charge on any atom is -0.371 e. The van der Waals surface area contributed by atoms with Gasteiger partial charge in [-0.05, 0) is 12.1 Å². The molecule has 82 valence electrons. The Morgan fingerprint density at radius 2 is 2.13 bits per heavy atom. The number of carbonyl (C=O) groups excluding carboxylic acids is 1. The van der Waals surface area contributed by atoms with E-state index in [1.807, 2.05) is 36.2 Å². The van der Waals surface area contributed by atoms with E-state index in [1.54, 1.807) is 0 Å². The van der Waals surface area contributed by atoms with E-state index in [9.17, 15) is 4.79 Å². The van der Waals surface area contributed by atoms with E-state index in [-0.39, 0.29) is 18.3 Å². The largest absolute Gasteiger partial charge is 0.371 e. The van der Waals surface area contributed by atoms with Gasteiger partial charge < -0.3 is 16.0 Å². The third-order valence-electron chi connectivity index (χ3n) is 2.38. The molecule has 1 amide bonds. The van der Waals surface area contributed by atoms with E-state index < -0.39 is 6.04 Å². The van der Waals surface area contributed by atoms with Crippen molar-refractivity contribution in [3.8, 4) is 0 Å². The molecule has 0 radical (unpaired) electrons. The molecule has 1 aromatic rings. The number of hydrogen-bond acceptors (Lipinski definition) is 3. The van der Waals surface area contributed by atoms with Crippen molar-refractivity contribution in [2.24, 2.45) is 5.73 Å². The lowest BCUT2D eigenvalue weighted by molar-refractivity contribution is -0.117. The first-order valence-electron chi connectivity index (χ1n) is 4.55. The topological polar surface area (TPSA) is 58.4 Å². The number of hydrogen-bond donors (Lipinski definition) is 2. The molecule has 1 aromatic carbocycles. The number of para-hydroxylation sites is 2. The summed E-state index contributed by atoms with van der Waals surface area (Å²) < 4.78 is 0. The number of nitrogens with two attached hydrogens (primary N) is 1. The summed E-state index contributed by atoms with van der Waals surface area (Å²) in [6.45, 7) is 0.544. The van der Waals surface area contributed by atoms with Crippen LogP contribution in [0.25, 0.3) is 0 Å². The summed E-state index contributed by atoms with van der Waals surface area (Å²) >= 11 is 0. The second-order valence-electron chi connectivity index (χ2n) is 3.49. The number of likely N-dealkylation sites (N-methyl/N-ethyl adjacent to an activating group) is 1. The van der Waals surface area contributed by atoms with Gasteiger partial charge in [-0.25, -0.2) is 0 Å². The molecule has 0 fully saturated rings. The van der Waals surface area contributed by atoms with Crippen LogP contribution in [0.1, 0.15) is 0 Å². The Bertz CT molecular complexity index is 369. The fourth-order valence-electron chi connectivity index (χ4n) is 1.61. The van der Waals surface area contributed by atoms with Crippen LogP contribution in [0.15, 0.2) is 24.3 Å². The molecule has 1 aliphatic rings. The molecule has 3 N–H and O–H groups in total. The van der Waals surface area contributed by atoms with Crippen LogP contribution < -0.4 is 16.0 Å². The number of fused-ring (bicyclic) bond motifs is 1. The van der Waals surface area contributed by atoms with Gasteiger partial charge in [0.05, 0.1) is 11.4 Å². The van der Waals surface area contributed by atoms with Gasteiger partial charge in [0.15, 0.2) is 0 Å². The minimum absolute atomic E-state index is 0. The van der Waals surface area contributed by atoms with E-state index in [0.717, 1.165) is 11.4 Å². The first-order valence-corrected chi connectivity index (χ1v) is 4.55. The Morgan fingerprint density at radius 1 is 1.47 bits per heavy atom. The first-order chi connectivity index (χ1) is 6.68. The molecule has 0 saturated heterocycles. The van der Waals surface area contributed by atoms with Crippen molar-refractivity contribution in [1.82, 2.24) is 0 Å². The van der Waals surface area contributed by atoms with Gasteiger partial charge in [-0.2, -0.15) is 0 Å². The maximum atomic E-state index is 11.5. The van der Waals surface area contributed by atoms with E-state index in [0.29, 0.717) is 6.54 Å². The Balaban J connectivity index is 0.00000112. The van der Waals surface area contributed by atoms with Crippen molar-refractivity contribution in [2.75, 3.05) is 23.8 Å². The zero-order valence-electron chi connectivity index (χ0n) is 8.43. The molecule has 1 atom stereocenters. The third-order valence-corrected chi connectivity index (χ3v) is 2.38. The van der Waals surface area contributed by atoms with Crippen molar-refractivity contribution in [1.29, 1.82) is 0 Å². The molecular formula is C10H14ClN3O. The molecule has 4 nitrogen and oxygen atoms in total. The van der Waals surface area contributed by atoms with Crippen LogP contribution >= 0.6 is 12.4 Å². The molecule has 15 heavy (non-hydrogen) atoms. The molecule has 0 aromatic heterocycles. The maximum absolute atomic E-state index is 11.5. The number of amides is 1. The van der Waals surface area contributed by atoms with Crippen LogP contribution in [-0.4, -0.2) is 25.5 Å². The summed E-state index contributed by atoms with van der Waals surface area (Å²) in [6.07, 6.45) is 0. The number of halogens is 1. The van der Waals surface area contributed by atoms with Crippen molar-refractivity contribution in [2.45, 2.75) is 6.04 Å². The molecule has 2 rings (SSSR count). The fraction of sp³-hybridized carbons (Fsp3) is 0.300. The summed E-state index contributed by atoms with van der Waals surface area (Å²) in [5.41, 5.74) is 7.53. The molecule has 1 aliphatic heterocycles. The Morgan fingerprint density at radius 3 is 2.87 bits per heavy atom. The molecule has 0 saturated carbocycles. The summed E-state index contributed by atoms with van der Waals surface area (Å²) in [4.78, 5) is 13.4.